The van der Waals surface area contributed by atoms with E-state index in [4.69, 9.17) is 4.74 Å². The summed E-state index contributed by atoms with van der Waals surface area (Å²) in [5, 5.41) is 2.95. The number of nitrogens with one attached hydrogen (secondary N) is 1. The first-order valence-corrected chi connectivity index (χ1v) is 10.8. The Morgan fingerprint density at radius 3 is 2.63 bits per heavy atom. The minimum atomic E-state index is -0.541. The summed E-state index contributed by atoms with van der Waals surface area (Å²) < 4.78 is 6.51. The van der Waals surface area contributed by atoms with Gasteiger partial charge in [0.2, 0.25) is 0 Å². The highest BCUT2D eigenvalue weighted by Crippen LogP contribution is 2.31. The number of fused-ring (bicyclic) bond motifs is 1. The lowest BCUT2D eigenvalue weighted by Crippen LogP contribution is -2.39. The Morgan fingerprint density at radius 1 is 1.20 bits per heavy atom. The molecule has 2 aromatic carbocycles. The summed E-state index contributed by atoms with van der Waals surface area (Å²) >= 11 is 3.52. The van der Waals surface area contributed by atoms with Gasteiger partial charge >= 0.3 is 12.1 Å². The molecule has 0 radical (unpaired) electrons. The number of urea groups is 1. The Morgan fingerprint density at radius 2 is 1.93 bits per heavy atom. The lowest BCUT2D eigenvalue weighted by Gasteiger charge is -2.32. The van der Waals surface area contributed by atoms with Gasteiger partial charge in [0.15, 0.2) is 0 Å². The zero-order chi connectivity index (χ0) is 21.9. The molecule has 7 heteroatoms. The lowest BCUT2D eigenvalue weighted by atomic mass is 10.0. The van der Waals surface area contributed by atoms with E-state index >= 15 is 0 Å². The molecule has 1 aliphatic heterocycles. The summed E-state index contributed by atoms with van der Waals surface area (Å²) in [6.07, 6.45) is 1.37. The van der Waals surface area contributed by atoms with Gasteiger partial charge in [0, 0.05) is 30.3 Å². The number of benzene rings is 2. The van der Waals surface area contributed by atoms with Gasteiger partial charge < -0.3 is 15.0 Å². The Hall–Kier alpha value is -2.54. The molecular weight excluding hydrogens is 446 g/mol. The number of amides is 3. The molecule has 30 heavy (non-hydrogen) atoms. The molecule has 0 aliphatic carbocycles. The predicted molar refractivity (Wildman–Crippen MR) is 123 cm³/mol. The van der Waals surface area contributed by atoms with Crippen LogP contribution in [0.4, 0.5) is 21.0 Å². The van der Waals surface area contributed by atoms with Crippen molar-refractivity contribution in [3.05, 3.63) is 58.1 Å². The number of hydrogen-bond donors (Lipinski definition) is 1. The molecule has 0 fully saturated rings. The van der Waals surface area contributed by atoms with Gasteiger partial charge in [-0.2, -0.15) is 0 Å². The highest BCUT2D eigenvalue weighted by Gasteiger charge is 2.27. The maximum atomic E-state index is 12.6. The van der Waals surface area contributed by atoms with Crippen molar-refractivity contribution in [3.8, 4) is 0 Å². The van der Waals surface area contributed by atoms with Crippen molar-refractivity contribution < 1.29 is 14.3 Å². The van der Waals surface area contributed by atoms with Gasteiger partial charge in [0.05, 0.1) is 5.69 Å². The van der Waals surface area contributed by atoms with E-state index in [9.17, 15) is 9.59 Å². The Labute approximate surface area is 186 Å². The molecule has 0 aromatic heterocycles. The quantitative estimate of drug-likeness (QED) is 0.612. The fraction of sp³-hybridized carbons (Fsp3) is 0.391. The van der Waals surface area contributed by atoms with Crippen LogP contribution in [0.25, 0.3) is 0 Å². The molecule has 1 aliphatic rings. The molecule has 0 spiro atoms. The van der Waals surface area contributed by atoms with Gasteiger partial charge in [-0.15, -0.1) is 0 Å². The van der Waals surface area contributed by atoms with E-state index in [0.717, 1.165) is 34.1 Å². The molecule has 0 atom stereocenters. The second kappa shape index (κ2) is 9.08. The molecule has 3 rings (SSSR count). The largest absolute Gasteiger partial charge is 0.443 e. The predicted octanol–water partition coefficient (Wildman–Crippen LogP) is 5.80. The molecule has 0 saturated heterocycles. The highest BCUT2D eigenvalue weighted by atomic mass is 79.9. The average Bonchev–Trinajstić information content (AvgIpc) is 2.67. The van der Waals surface area contributed by atoms with E-state index in [0.29, 0.717) is 18.8 Å². The van der Waals surface area contributed by atoms with Crippen LogP contribution in [0.3, 0.4) is 0 Å². The smallest absolute Gasteiger partial charge is 0.414 e. The van der Waals surface area contributed by atoms with Crippen molar-refractivity contribution in [2.75, 3.05) is 23.8 Å². The molecule has 2 aromatic rings. The highest BCUT2D eigenvalue weighted by molar-refractivity contribution is 9.10. The number of carbonyl (C=O) groups excluding carboxylic acids is 2. The molecule has 6 nitrogen and oxygen atoms in total. The van der Waals surface area contributed by atoms with Gasteiger partial charge in [-0.05, 0) is 69.0 Å². The molecule has 1 N–H and O–H groups in total. The van der Waals surface area contributed by atoms with Crippen LogP contribution in [-0.2, 0) is 17.7 Å². The first-order valence-electron chi connectivity index (χ1n) is 10.0. The summed E-state index contributed by atoms with van der Waals surface area (Å²) in [5.74, 6) is 0. The van der Waals surface area contributed by atoms with Gasteiger partial charge in [0.25, 0.3) is 0 Å². The first kappa shape index (κ1) is 22.2. The number of halogens is 1. The molecule has 0 unspecified atom stereocenters. The number of hydrogen-bond acceptors (Lipinski definition) is 3. The van der Waals surface area contributed by atoms with Gasteiger partial charge in [-0.1, -0.05) is 34.1 Å². The number of carbonyl (C=O) groups is 2. The minimum Gasteiger partial charge on any atom is -0.443 e. The van der Waals surface area contributed by atoms with Crippen LogP contribution in [0.15, 0.2) is 46.9 Å². The summed E-state index contributed by atoms with van der Waals surface area (Å²) in [5.41, 5.74) is 3.08. The molecule has 3 amide bonds. The van der Waals surface area contributed by atoms with E-state index in [1.54, 1.807) is 16.8 Å². The Balaban J connectivity index is 1.69. The van der Waals surface area contributed by atoms with Crippen molar-refractivity contribution in [2.24, 2.45) is 0 Å². The summed E-state index contributed by atoms with van der Waals surface area (Å²) in [7, 11) is 1.76. The van der Waals surface area contributed by atoms with Crippen molar-refractivity contribution in [3.63, 3.8) is 0 Å². The number of anilines is 2. The SMILES string of the molecule is CN(Cc1ccccc1Br)C(=O)Nc1ccc2c(c1)CCCN2C(=O)OC(C)(C)C. The van der Waals surface area contributed by atoms with Crippen molar-refractivity contribution >= 4 is 39.4 Å². The standard InChI is InChI=1S/C23H28BrN3O3/c1-23(2,3)30-22(29)27-13-7-9-16-14-18(11-12-20(16)27)25-21(28)26(4)15-17-8-5-6-10-19(17)24/h5-6,8,10-12,14H,7,9,13,15H2,1-4H3,(H,25,28). The third-order valence-corrected chi connectivity index (χ3v) is 5.55. The van der Waals surface area contributed by atoms with Crippen LogP contribution >= 0.6 is 15.9 Å². The van der Waals surface area contributed by atoms with Crippen molar-refractivity contribution in [1.29, 1.82) is 0 Å². The van der Waals surface area contributed by atoms with Crippen LogP contribution in [0.5, 0.6) is 0 Å². The second-order valence-corrected chi connectivity index (χ2v) is 9.31. The number of ether oxygens (including phenoxy) is 1. The number of rotatable bonds is 3. The molecular formula is C23H28BrN3O3. The molecule has 160 valence electrons. The average molecular weight is 474 g/mol. The van der Waals surface area contributed by atoms with Gasteiger partial charge in [-0.3, -0.25) is 4.90 Å². The van der Waals surface area contributed by atoms with Crippen LogP contribution in [0.1, 0.15) is 38.3 Å². The van der Waals surface area contributed by atoms with Crippen molar-refractivity contribution in [1.82, 2.24) is 4.90 Å². The fourth-order valence-electron chi connectivity index (χ4n) is 3.35. The Bertz CT molecular complexity index is 940. The molecule has 1 heterocycles. The van der Waals surface area contributed by atoms with Gasteiger partial charge in [-0.25, -0.2) is 9.59 Å². The van der Waals surface area contributed by atoms with Crippen LogP contribution in [-0.4, -0.2) is 36.2 Å². The van der Waals surface area contributed by atoms with E-state index in [2.05, 4.69) is 21.2 Å². The third-order valence-electron chi connectivity index (χ3n) is 4.78. The Kier molecular flexibility index (Phi) is 6.71. The summed E-state index contributed by atoms with van der Waals surface area (Å²) in [4.78, 5) is 28.5. The maximum absolute atomic E-state index is 12.6. The summed E-state index contributed by atoms with van der Waals surface area (Å²) in [6, 6.07) is 13.3. The van der Waals surface area contributed by atoms with E-state index < -0.39 is 5.60 Å². The topological polar surface area (TPSA) is 61.9 Å². The fourth-order valence-corrected chi connectivity index (χ4v) is 3.76. The monoisotopic (exact) mass is 473 g/mol. The summed E-state index contributed by atoms with van der Waals surface area (Å²) in [6.45, 7) is 6.70. The first-order chi connectivity index (χ1) is 14.1. The third kappa shape index (κ3) is 5.53. The maximum Gasteiger partial charge on any atom is 0.414 e. The second-order valence-electron chi connectivity index (χ2n) is 8.46. The van der Waals surface area contributed by atoms with Crippen LogP contribution in [0.2, 0.25) is 0 Å². The molecule has 0 saturated carbocycles. The lowest BCUT2D eigenvalue weighted by molar-refractivity contribution is 0.0578. The van der Waals surface area contributed by atoms with E-state index in [1.165, 1.54) is 0 Å². The van der Waals surface area contributed by atoms with Gasteiger partial charge in [0.1, 0.15) is 5.60 Å². The molecule has 0 bridgehead atoms. The zero-order valence-electron chi connectivity index (χ0n) is 17.9. The number of aryl methyl sites for hydroxylation is 1. The number of nitrogens with zero attached hydrogens (tertiary/aromatic N) is 2. The van der Waals surface area contributed by atoms with Crippen molar-refractivity contribution in [2.45, 2.75) is 45.8 Å². The van der Waals surface area contributed by atoms with E-state index in [-0.39, 0.29) is 12.1 Å². The van der Waals surface area contributed by atoms with Crippen LogP contribution < -0.4 is 10.2 Å². The van der Waals surface area contributed by atoms with E-state index in [1.807, 2.05) is 63.2 Å². The van der Waals surface area contributed by atoms with Crippen LogP contribution in [0, 0.1) is 0 Å². The zero-order valence-corrected chi connectivity index (χ0v) is 19.5. The minimum absolute atomic E-state index is 0.189. The normalized spacial score (nSPS) is 13.4.